The molecule has 0 saturated heterocycles. The van der Waals surface area contributed by atoms with Crippen LogP contribution < -0.4 is 11.1 Å². The van der Waals surface area contributed by atoms with E-state index in [2.05, 4.69) is 83.1 Å². The lowest BCUT2D eigenvalue weighted by atomic mass is 9.98. The van der Waals surface area contributed by atoms with Crippen molar-refractivity contribution in [3.05, 3.63) is 118 Å². The molecule has 0 radical (unpaired) electrons. The first-order chi connectivity index (χ1) is 20.0. The number of carbonyl (C=O) groups is 1. The number of hydrogen-bond donors (Lipinski definition) is 2. The van der Waals surface area contributed by atoms with Crippen LogP contribution in [0.15, 0.2) is 96.2 Å². The first kappa shape index (κ1) is 27.8. The van der Waals surface area contributed by atoms with E-state index < -0.39 is 0 Å². The zero-order valence-corrected chi connectivity index (χ0v) is 25.3. The van der Waals surface area contributed by atoms with Gasteiger partial charge in [0.05, 0.1) is 16.4 Å². The van der Waals surface area contributed by atoms with Gasteiger partial charge in [-0.2, -0.15) is 0 Å². The number of hydrogen-bond acceptors (Lipinski definition) is 7. The number of benzene rings is 3. The standard InChI is InChI=1S/C33H32N4OS3/c1-21(17-18-22-11-5-2-6-12-22)35-27(38)20-39-33-36-31(34)28-25-19-26(23-13-7-3-8-14-23)40-29(24-15-9-4-10-16-24)30(25)41-32(28)37-33/h2-16,21,26,29H,17-20H2,1H3,(H,35,38)(H2,34,36,37)/t21-,26+,29-/m1/s1. The van der Waals surface area contributed by atoms with E-state index in [-0.39, 0.29) is 23.0 Å². The van der Waals surface area contributed by atoms with Gasteiger partial charge in [0, 0.05) is 16.2 Å². The quantitative estimate of drug-likeness (QED) is 0.135. The molecule has 0 saturated carbocycles. The van der Waals surface area contributed by atoms with Crippen LogP contribution in [0, 0.1) is 0 Å². The summed E-state index contributed by atoms with van der Waals surface area (Å²) >= 11 is 5.04. The van der Waals surface area contributed by atoms with Gasteiger partial charge in [0.15, 0.2) is 5.16 Å². The highest BCUT2D eigenvalue weighted by atomic mass is 32.2. The maximum Gasteiger partial charge on any atom is 0.230 e. The predicted octanol–water partition coefficient (Wildman–Crippen LogP) is 7.62. The van der Waals surface area contributed by atoms with E-state index in [1.165, 1.54) is 38.9 Å². The lowest BCUT2D eigenvalue weighted by molar-refractivity contribution is -0.119. The molecule has 8 heteroatoms. The molecule has 0 bridgehead atoms. The number of nitrogens with two attached hydrogens (primary N) is 1. The van der Waals surface area contributed by atoms with Crippen LogP contribution in [0.5, 0.6) is 0 Å². The number of nitrogen functional groups attached to an aromatic ring is 1. The van der Waals surface area contributed by atoms with Crippen LogP contribution in [0.1, 0.15) is 51.0 Å². The molecule has 1 amide bonds. The van der Waals surface area contributed by atoms with Gasteiger partial charge in [0.2, 0.25) is 5.91 Å². The van der Waals surface area contributed by atoms with E-state index in [0.29, 0.717) is 16.2 Å². The molecular weight excluding hydrogens is 565 g/mol. The van der Waals surface area contributed by atoms with Crippen LogP contribution in [0.2, 0.25) is 0 Å². The highest BCUT2D eigenvalue weighted by molar-refractivity contribution is 8.00. The van der Waals surface area contributed by atoms with Gasteiger partial charge in [-0.1, -0.05) is 103 Å². The first-order valence-corrected chi connectivity index (χ1v) is 16.6. The van der Waals surface area contributed by atoms with Crippen molar-refractivity contribution in [3.63, 3.8) is 0 Å². The number of aryl methyl sites for hydroxylation is 1. The van der Waals surface area contributed by atoms with Crippen LogP contribution in [0.4, 0.5) is 5.82 Å². The average Bonchev–Trinajstić information content (AvgIpc) is 3.39. The van der Waals surface area contributed by atoms with Gasteiger partial charge < -0.3 is 11.1 Å². The number of thiophene rings is 1. The van der Waals surface area contributed by atoms with Crippen molar-refractivity contribution in [2.24, 2.45) is 0 Å². The lowest BCUT2D eigenvalue weighted by Crippen LogP contribution is -2.34. The Bertz CT molecular complexity index is 1630. The Morgan fingerprint density at radius 1 is 0.976 bits per heavy atom. The molecule has 0 unspecified atom stereocenters. The second-order valence-corrected chi connectivity index (χ2v) is 13.6. The average molecular weight is 597 g/mol. The maximum atomic E-state index is 12.7. The number of aromatic nitrogens is 2. The fourth-order valence-electron chi connectivity index (χ4n) is 5.29. The van der Waals surface area contributed by atoms with Crippen molar-refractivity contribution in [2.75, 3.05) is 11.5 Å². The lowest BCUT2D eigenvalue weighted by Gasteiger charge is -2.30. The zero-order chi connectivity index (χ0) is 28.2. The van der Waals surface area contributed by atoms with E-state index in [4.69, 9.17) is 10.7 Å². The minimum absolute atomic E-state index is 0.0189. The Morgan fingerprint density at radius 2 is 1.63 bits per heavy atom. The Labute approximate surface area is 253 Å². The van der Waals surface area contributed by atoms with E-state index in [0.717, 1.165) is 29.5 Å². The molecule has 3 heterocycles. The Hall–Kier alpha value is -3.33. The normalized spacial score (nSPS) is 17.2. The Kier molecular flexibility index (Phi) is 8.60. The monoisotopic (exact) mass is 596 g/mol. The van der Waals surface area contributed by atoms with E-state index in [9.17, 15) is 4.79 Å². The van der Waals surface area contributed by atoms with Gasteiger partial charge in [-0.25, -0.2) is 9.97 Å². The topological polar surface area (TPSA) is 80.9 Å². The van der Waals surface area contributed by atoms with Crippen LogP contribution in [0.3, 0.4) is 0 Å². The molecule has 3 aromatic carbocycles. The molecule has 2 aromatic heterocycles. The third kappa shape index (κ3) is 6.45. The molecule has 208 valence electrons. The predicted molar refractivity (Wildman–Crippen MR) is 174 cm³/mol. The number of amides is 1. The number of rotatable bonds is 9. The number of nitrogens with zero attached hydrogens (tertiary/aromatic N) is 2. The molecule has 3 atom stereocenters. The van der Waals surface area contributed by atoms with Crippen molar-refractivity contribution >= 4 is 56.8 Å². The van der Waals surface area contributed by atoms with Crippen molar-refractivity contribution in [3.8, 4) is 0 Å². The summed E-state index contributed by atoms with van der Waals surface area (Å²) in [5.41, 5.74) is 11.7. The summed E-state index contributed by atoms with van der Waals surface area (Å²) < 4.78 is 0. The minimum atomic E-state index is -0.0189. The van der Waals surface area contributed by atoms with E-state index >= 15 is 0 Å². The molecule has 3 N–H and O–H groups in total. The van der Waals surface area contributed by atoms with Crippen molar-refractivity contribution in [2.45, 2.75) is 47.9 Å². The van der Waals surface area contributed by atoms with Crippen LogP contribution in [-0.2, 0) is 17.6 Å². The molecule has 0 fully saturated rings. The fourth-order valence-corrected chi connectivity index (χ4v) is 9.03. The highest BCUT2D eigenvalue weighted by Crippen LogP contribution is 2.55. The number of carbonyl (C=O) groups excluding carboxylic acids is 1. The van der Waals surface area contributed by atoms with Crippen molar-refractivity contribution < 1.29 is 4.79 Å². The molecule has 6 rings (SSSR count). The molecule has 41 heavy (non-hydrogen) atoms. The molecular formula is C33H32N4OS3. The minimum Gasteiger partial charge on any atom is -0.383 e. The smallest absolute Gasteiger partial charge is 0.230 e. The van der Waals surface area contributed by atoms with Gasteiger partial charge in [0.25, 0.3) is 0 Å². The largest absolute Gasteiger partial charge is 0.383 e. The summed E-state index contributed by atoms with van der Waals surface area (Å²) in [6, 6.07) is 31.8. The second-order valence-electron chi connectivity index (χ2n) is 10.3. The maximum absolute atomic E-state index is 12.7. The van der Waals surface area contributed by atoms with Gasteiger partial charge >= 0.3 is 0 Å². The summed E-state index contributed by atoms with van der Waals surface area (Å²) in [6.45, 7) is 2.05. The third-order valence-electron chi connectivity index (χ3n) is 7.34. The number of anilines is 1. The van der Waals surface area contributed by atoms with Crippen molar-refractivity contribution in [1.82, 2.24) is 15.3 Å². The molecule has 1 aliphatic rings. The summed E-state index contributed by atoms with van der Waals surface area (Å²) in [7, 11) is 0. The summed E-state index contributed by atoms with van der Waals surface area (Å²) in [5.74, 6) is 0.733. The van der Waals surface area contributed by atoms with Gasteiger partial charge in [-0.3, -0.25) is 4.79 Å². The van der Waals surface area contributed by atoms with Gasteiger partial charge in [0.1, 0.15) is 10.6 Å². The molecule has 0 spiro atoms. The third-order valence-corrected chi connectivity index (χ3v) is 11.1. The van der Waals surface area contributed by atoms with Crippen LogP contribution in [0.25, 0.3) is 10.2 Å². The Balaban J connectivity index is 1.20. The molecule has 5 nitrogen and oxygen atoms in total. The highest BCUT2D eigenvalue weighted by Gasteiger charge is 2.34. The van der Waals surface area contributed by atoms with E-state index in [1.54, 1.807) is 11.3 Å². The Morgan fingerprint density at radius 3 is 2.34 bits per heavy atom. The second kappa shape index (κ2) is 12.7. The number of thioether (sulfide) groups is 2. The number of nitrogens with one attached hydrogen (secondary N) is 1. The van der Waals surface area contributed by atoms with Crippen LogP contribution in [-0.4, -0.2) is 27.7 Å². The fraction of sp³-hybridized carbons (Fsp3) is 0.242. The van der Waals surface area contributed by atoms with Gasteiger partial charge in [-0.05, 0) is 48.4 Å². The molecule has 5 aromatic rings. The summed E-state index contributed by atoms with van der Waals surface area (Å²) in [5, 5.41) is 5.13. The van der Waals surface area contributed by atoms with Crippen molar-refractivity contribution in [1.29, 1.82) is 0 Å². The molecule has 1 aliphatic heterocycles. The zero-order valence-electron chi connectivity index (χ0n) is 22.8. The SMILES string of the molecule is C[C@H](CCc1ccccc1)NC(=O)CSc1nc(N)c2c3c(sc2n1)[C@@H](c1ccccc1)S[C@H](c1ccccc1)C3. The van der Waals surface area contributed by atoms with E-state index in [1.807, 2.05) is 36.9 Å². The van der Waals surface area contributed by atoms with Gasteiger partial charge in [-0.15, -0.1) is 23.1 Å². The number of fused-ring (bicyclic) bond motifs is 3. The van der Waals surface area contributed by atoms with Crippen LogP contribution >= 0.6 is 34.9 Å². The molecule has 0 aliphatic carbocycles. The summed E-state index contributed by atoms with van der Waals surface area (Å²) in [4.78, 5) is 24.4. The first-order valence-electron chi connectivity index (χ1n) is 13.9. The summed E-state index contributed by atoms with van der Waals surface area (Å²) in [6.07, 6.45) is 2.71.